The molecule has 11 heteroatoms. The largest absolute Gasteiger partial charge is 0.463 e. The lowest BCUT2D eigenvalue weighted by atomic mass is 9.96. The van der Waals surface area contributed by atoms with E-state index in [2.05, 4.69) is 21.2 Å². The van der Waals surface area contributed by atoms with Crippen molar-refractivity contribution in [3.8, 4) is 5.75 Å². The monoisotopic (exact) mass is 501 g/mol. The molecule has 170 valence electrons. The van der Waals surface area contributed by atoms with E-state index >= 15 is 0 Å². The van der Waals surface area contributed by atoms with Gasteiger partial charge in [-0.2, -0.15) is 0 Å². The number of carbonyl (C=O) groups is 4. The summed E-state index contributed by atoms with van der Waals surface area (Å²) in [5.74, 6) is -1.97. The van der Waals surface area contributed by atoms with Crippen molar-refractivity contribution in [3.63, 3.8) is 0 Å². The van der Waals surface area contributed by atoms with E-state index in [1.165, 1.54) is 27.7 Å². The van der Waals surface area contributed by atoms with Gasteiger partial charge < -0.3 is 29.0 Å². The second kappa shape index (κ2) is 11.1. The minimum Gasteiger partial charge on any atom is -0.463 e. The Balaban J connectivity index is 2.43. The molecule has 2 rings (SSSR count). The number of nitrogens with one attached hydrogen (secondary N) is 1. The average molecular weight is 502 g/mol. The molecule has 0 aliphatic carbocycles. The van der Waals surface area contributed by atoms with Crippen LogP contribution < -0.4 is 10.1 Å². The third-order valence-corrected chi connectivity index (χ3v) is 4.67. The van der Waals surface area contributed by atoms with E-state index < -0.39 is 54.5 Å². The Morgan fingerprint density at radius 3 is 2.03 bits per heavy atom. The molecule has 10 nitrogen and oxygen atoms in total. The third kappa shape index (κ3) is 7.51. The van der Waals surface area contributed by atoms with Crippen LogP contribution in [-0.2, 0) is 38.1 Å². The van der Waals surface area contributed by atoms with Crippen molar-refractivity contribution in [1.82, 2.24) is 5.32 Å². The molecule has 5 atom stereocenters. The van der Waals surface area contributed by atoms with E-state index in [0.717, 1.165) is 4.47 Å². The summed E-state index contributed by atoms with van der Waals surface area (Å²) in [4.78, 5) is 46.7. The Morgan fingerprint density at radius 1 is 0.935 bits per heavy atom. The van der Waals surface area contributed by atoms with E-state index in [4.69, 9.17) is 23.7 Å². The molecule has 1 aliphatic rings. The molecule has 0 bridgehead atoms. The number of ether oxygens (including phenoxy) is 5. The van der Waals surface area contributed by atoms with Gasteiger partial charge in [0.25, 0.3) is 0 Å². The highest BCUT2D eigenvalue weighted by Gasteiger charge is 2.51. The lowest BCUT2D eigenvalue weighted by Gasteiger charge is -2.44. The van der Waals surface area contributed by atoms with Crippen LogP contribution in [0.25, 0.3) is 0 Å². The molecule has 31 heavy (non-hydrogen) atoms. The number of hydrogen-bond donors (Lipinski definition) is 1. The van der Waals surface area contributed by atoms with Gasteiger partial charge in [0, 0.05) is 32.2 Å². The minimum atomic E-state index is -1.17. The van der Waals surface area contributed by atoms with Crippen molar-refractivity contribution in [2.45, 2.75) is 58.3 Å². The van der Waals surface area contributed by atoms with E-state index in [0.29, 0.717) is 5.75 Å². The van der Waals surface area contributed by atoms with Crippen molar-refractivity contribution in [1.29, 1.82) is 0 Å². The maximum absolute atomic E-state index is 11.9. The number of hydrogen-bond acceptors (Lipinski definition) is 9. The van der Waals surface area contributed by atoms with Crippen LogP contribution in [0, 0.1) is 0 Å². The summed E-state index contributed by atoms with van der Waals surface area (Å²) in [5, 5.41) is 2.63. The summed E-state index contributed by atoms with van der Waals surface area (Å²) < 4.78 is 28.4. The minimum absolute atomic E-state index is 0.294. The molecular weight excluding hydrogens is 478 g/mol. The molecular formula is C20H24BrNO9. The number of rotatable bonds is 7. The highest BCUT2D eigenvalue weighted by Crippen LogP contribution is 2.29. The van der Waals surface area contributed by atoms with Gasteiger partial charge in [0.15, 0.2) is 12.2 Å². The summed E-state index contributed by atoms with van der Waals surface area (Å²) in [7, 11) is 0. The van der Waals surface area contributed by atoms with Crippen LogP contribution >= 0.6 is 15.9 Å². The number of halogens is 1. The van der Waals surface area contributed by atoms with Gasteiger partial charge in [-0.15, -0.1) is 0 Å². The predicted octanol–water partition coefficient (Wildman–Crippen LogP) is 1.48. The fourth-order valence-electron chi connectivity index (χ4n) is 3.04. The van der Waals surface area contributed by atoms with Gasteiger partial charge in [0.2, 0.25) is 12.2 Å². The Hall–Kier alpha value is -2.66. The van der Waals surface area contributed by atoms with Crippen molar-refractivity contribution in [2.75, 3.05) is 6.61 Å². The Bertz CT molecular complexity index is 813. The van der Waals surface area contributed by atoms with E-state index in [1.54, 1.807) is 24.3 Å². The molecule has 1 heterocycles. The summed E-state index contributed by atoms with van der Waals surface area (Å²) in [6.45, 7) is 4.54. The molecule has 0 aromatic heterocycles. The highest BCUT2D eigenvalue weighted by atomic mass is 79.9. The maximum atomic E-state index is 11.9. The van der Waals surface area contributed by atoms with Gasteiger partial charge in [0.05, 0.1) is 0 Å². The first-order chi connectivity index (χ1) is 14.6. The summed E-state index contributed by atoms with van der Waals surface area (Å²) >= 11 is 3.33. The average Bonchev–Trinajstić information content (AvgIpc) is 2.65. The number of esters is 3. The Kier molecular flexibility index (Phi) is 8.81. The predicted molar refractivity (Wildman–Crippen MR) is 109 cm³/mol. The van der Waals surface area contributed by atoms with Gasteiger partial charge >= 0.3 is 17.9 Å². The number of carbonyl (C=O) groups excluding carboxylic acids is 4. The van der Waals surface area contributed by atoms with Crippen molar-refractivity contribution < 1.29 is 42.9 Å². The first kappa shape index (κ1) is 24.6. The number of amides is 1. The second-order valence-corrected chi connectivity index (χ2v) is 7.71. The molecule has 0 spiro atoms. The fraction of sp³-hybridized carbons (Fsp3) is 0.500. The van der Waals surface area contributed by atoms with Crippen LogP contribution in [0.15, 0.2) is 28.7 Å². The van der Waals surface area contributed by atoms with E-state index in [9.17, 15) is 19.2 Å². The molecule has 1 N–H and O–H groups in total. The first-order valence-electron chi connectivity index (χ1n) is 9.39. The van der Waals surface area contributed by atoms with Gasteiger partial charge in [-0.3, -0.25) is 19.2 Å². The van der Waals surface area contributed by atoms with Crippen LogP contribution in [0.2, 0.25) is 0 Å². The van der Waals surface area contributed by atoms with Crippen LogP contribution in [-0.4, -0.2) is 61.1 Å². The molecule has 0 saturated carbocycles. The molecule has 1 aliphatic heterocycles. The molecule has 1 aromatic carbocycles. The Labute approximate surface area is 187 Å². The topological polar surface area (TPSA) is 126 Å². The zero-order valence-corrected chi connectivity index (χ0v) is 19.0. The molecule has 1 amide bonds. The summed E-state index contributed by atoms with van der Waals surface area (Å²) in [5.41, 5.74) is 0. The SMILES string of the molecule is CC(=O)N[C@H]1[C@H](Oc2ccc(Br)cc2)O[C@@H](COC(C)=O)[C@@H](OC(C)=O)[C@@H]1OC(C)=O. The highest BCUT2D eigenvalue weighted by molar-refractivity contribution is 9.10. The maximum Gasteiger partial charge on any atom is 0.303 e. The smallest absolute Gasteiger partial charge is 0.303 e. The van der Waals surface area contributed by atoms with Crippen molar-refractivity contribution >= 4 is 39.7 Å². The van der Waals surface area contributed by atoms with E-state index in [1.807, 2.05) is 0 Å². The molecule has 1 aromatic rings. The molecule has 1 saturated heterocycles. The van der Waals surface area contributed by atoms with Crippen LogP contribution in [0.5, 0.6) is 5.75 Å². The second-order valence-electron chi connectivity index (χ2n) is 6.79. The van der Waals surface area contributed by atoms with Crippen LogP contribution in [0.4, 0.5) is 0 Å². The van der Waals surface area contributed by atoms with E-state index in [-0.39, 0.29) is 6.61 Å². The van der Waals surface area contributed by atoms with Crippen molar-refractivity contribution in [2.24, 2.45) is 0 Å². The lowest BCUT2D eigenvalue weighted by molar-refractivity contribution is -0.257. The van der Waals surface area contributed by atoms with Gasteiger partial charge in [-0.05, 0) is 24.3 Å². The summed E-state index contributed by atoms with van der Waals surface area (Å²) in [6.07, 6.45) is -4.51. The third-order valence-electron chi connectivity index (χ3n) is 4.14. The molecule has 0 radical (unpaired) electrons. The molecule has 1 fully saturated rings. The number of benzene rings is 1. The van der Waals surface area contributed by atoms with Gasteiger partial charge in [0.1, 0.15) is 24.5 Å². The zero-order chi connectivity index (χ0) is 23.1. The lowest BCUT2D eigenvalue weighted by Crippen LogP contribution is -2.67. The van der Waals surface area contributed by atoms with Crippen molar-refractivity contribution in [3.05, 3.63) is 28.7 Å². The fourth-order valence-corrected chi connectivity index (χ4v) is 3.30. The van der Waals surface area contributed by atoms with Gasteiger partial charge in [-0.25, -0.2) is 0 Å². The van der Waals surface area contributed by atoms with Gasteiger partial charge in [-0.1, -0.05) is 15.9 Å². The normalized spacial score (nSPS) is 25.1. The quantitative estimate of drug-likeness (QED) is 0.436. The Morgan fingerprint density at radius 2 is 1.52 bits per heavy atom. The molecule has 0 unspecified atom stereocenters. The first-order valence-corrected chi connectivity index (χ1v) is 10.2. The summed E-state index contributed by atoms with van der Waals surface area (Å²) in [6, 6.07) is 5.79. The zero-order valence-electron chi connectivity index (χ0n) is 17.5. The van der Waals surface area contributed by atoms with Crippen LogP contribution in [0.1, 0.15) is 27.7 Å². The van der Waals surface area contributed by atoms with Crippen LogP contribution in [0.3, 0.4) is 0 Å². The standard InChI is InChI=1S/C20H24BrNO9/c1-10(23)22-17-19(29-13(4)26)18(28-12(3)25)16(9-27-11(2)24)31-20(17)30-15-7-5-14(21)6-8-15/h5-8,16-20H,9H2,1-4H3,(H,22,23)/t16-,17+,18+,19+,20+/m0/s1.